The molecule has 98 valence electrons. The third kappa shape index (κ3) is 4.10. The minimum absolute atomic E-state index is 0.0719. The second kappa shape index (κ2) is 6.34. The van der Waals surface area contributed by atoms with Crippen molar-refractivity contribution in [2.24, 2.45) is 5.92 Å². The summed E-state index contributed by atoms with van der Waals surface area (Å²) in [5, 5.41) is 2.93. The normalized spacial score (nSPS) is 17.7. The van der Waals surface area contributed by atoms with Crippen LogP contribution in [0.2, 0.25) is 0 Å². The average molecular weight is 311 g/mol. The number of benzene rings is 1. The van der Waals surface area contributed by atoms with Crippen molar-refractivity contribution in [3.8, 4) is 0 Å². The van der Waals surface area contributed by atoms with E-state index in [0.29, 0.717) is 6.54 Å². The zero-order valence-corrected chi connectivity index (χ0v) is 12.2. The molecule has 1 saturated heterocycles. The van der Waals surface area contributed by atoms with E-state index in [0.717, 1.165) is 29.2 Å². The summed E-state index contributed by atoms with van der Waals surface area (Å²) < 4.78 is 0.979. The molecular weight excluding hydrogens is 292 g/mol. The summed E-state index contributed by atoms with van der Waals surface area (Å²) in [5.41, 5.74) is 0.847. The van der Waals surface area contributed by atoms with Crippen molar-refractivity contribution in [1.29, 1.82) is 0 Å². The molecule has 1 aromatic carbocycles. The lowest BCUT2D eigenvalue weighted by molar-refractivity contribution is -0.117. The number of amides is 1. The second-order valence-electron chi connectivity index (χ2n) is 5.02. The first-order chi connectivity index (χ1) is 8.63. The second-order valence-corrected chi connectivity index (χ2v) is 5.93. The van der Waals surface area contributed by atoms with E-state index in [2.05, 4.69) is 33.1 Å². The van der Waals surface area contributed by atoms with Crippen LogP contribution in [0.15, 0.2) is 28.7 Å². The highest BCUT2D eigenvalue weighted by atomic mass is 79.9. The van der Waals surface area contributed by atoms with Crippen molar-refractivity contribution in [2.45, 2.75) is 19.8 Å². The number of carbonyl (C=O) groups is 1. The fourth-order valence-electron chi connectivity index (χ4n) is 2.19. The van der Waals surface area contributed by atoms with Gasteiger partial charge in [0.05, 0.1) is 6.54 Å². The summed E-state index contributed by atoms with van der Waals surface area (Å²) in [7, 11) is 0. The summed E-state index contributed by atoms with van der Waals surface area (Å²) in [5.74, 6) is 0.872. The van der Waals surface area contributed by atoms with Gasteiger partial charge < -0.3 is 5.32 Å². The number of carbonyl (C=O) groups excluding carboxylic acids is 1. The van der Waals surface area contributed by atoms with Gasteiger partial charge in [0.15, 0.2) is 0 Å². The Bertz CT molecular complexity index is 414. The minimum atomic E-state index is 0.0719. The smallest absolute Gasteiger partial charge is 0.238 e. The lowest BCUT2D eigenvalue weighted by Gasteiger charge is -2.29. The van der Waals surface area contributed by atoms with Crippen molar-refractivity contribution >= 4 is 27.5 Å². The van der Waals surface area contributed by atoms with E-state index >= 15 is 0 Å². The van der Waals surface area contributed by atoms with Crippen molar-refractivity contribution in [1.82, 2.24) is 4.90 Å². The predicted octanol–water partition coefficient (Wildman–Crippen LogP) is 3.12. The van der Waals surface area contributed by atoms with Crippen LogP contribution in [0.1, 0.15) is 19.8 Å². The van der Waals surface area contributed by atoms with E-state index in [-0.39, 0.29) is 5.91 Å². The standard InChI is InChI=1S/C14H19BrN2O/c1-11-5-7-17(8-6-11)10-14(18)16-13-4-2-3-12(15)9-13/h2-4,9,11H,5-8,10H2,1H3,(H,16,18). The zero-order valence-electron chi connectivity index (χ0n) is 10.7. The minimum Gasteiger partial charge on any atom is -0.325 e. The van der Waals surface area contributed by atoms with Gasteiger partial charge in [-0.05, 0) is 50.0 Å². The van der Waals surface area contributed by atoms with Crippen molar-refractivity contribution < 1.29 is 4.79 Å². The molecule has 2 rings (SSSR count). The Morgan fingerprint density at radius 3 is 2.83 bits per heavy atom. The summed E-state index contributed by atoms with van der Waals surface area (Å²) in [6, 6.07) is 7.68. The predicted molar refractivity (Wildman–Crippen MR) is 77.6 cm³/mol. The van der Waals surface area contributed by atoms with Gasteiger partial charge in [-0.25, -0.2) is 0 Å². The van der Waals surface area contributed by atoms with E-state index in [1.165, 1.54) is 12.8 Å². The van der Waals surface area contributed by atoms with Crippen LogP contribution in [-0.2, 0) is 4.79 Å². The van der Waals surface area contributed by atoms with Crippen molar-refractivity contribution in [2.75, 3.05) is 25.0 Å². The van der Waals surface area contributed by atoms with Crippen LogP contribution < -0.4 is 5.32 Å². The highest BCUT2D eigenvalue weighted by Gasteiger charge is 2.17. The number of rotatable bonds is 3. The number of nitrogens with zero attached hydrogens (tertiary/aromatic N) is 1. The molecule has 0 atom stereocenters. The van der Waals surface area contributed by atoms with Gasteiger partial charge in [-0.2, -0.15) is 0 Å². The molecule has 0 bridgehead atoms. The van der Waals surface area contributed by atoms with Gasteiger partial charge >= 0.3 is 0 Å². The molecule has 1 fully saturated rings. The molecule has 1 aromatic rings. The topological polar surface area (TPSA) is 32.3 Å². The third-order valence-electron chi connectivity index (χ3n) is 3.35. The van der Waals surface area contributed by atoms with E-state index in [1.807, 2.05) is 24.3 Å². The average Bonchev–Trinajstić information content (AvgIpc) is 2.32. The third-order valence-corrected chi connectivity index (χ3v) is 3.85. The van der Waals surface area contributed by atoms with Crippen LogP contribution in [0.4, 0.5) is 5.69 Å². The molecular formula is C14H19BrN2O. The van der Waals surface area contributed by atoms with Crippen molar-refractivity contribution in [3.05, 3.63) is 28.7 Å². The molecule has 1 aliphatic heterocycles. The van der Waals surface area contributed by atoms with Gasteiger partial charge in [0.25, 0.3) is 0 Å². The van der Waals surface area contributed by atoms with Crippen LogP contribution in [0.3, 0.4) is 0 Å². The van der Waals surface area contributed by atoms with Gasteiger partial charge in [0.1, 0.15) is 0 Å². The van der Waals surface area contributed by atoms with Crippen LogP contribution in [0.5, 0.6) is 0 Å². The number of nitrogens with one attached hydrogen (secondary N) is 1. The highest BCUT2D eigenvalue weighted by Crippen LogP contribution is 2.17. The molecule has 18 heavy (non-hydrogen) atoms. The van der Waals surface area contributed by atoms with E-state index < -0.39 is 0 Å². The number of halogens is 1. The lowest BCUT2D eigenvalue weighted by atomic mass is 9.99. The van der Waals surface area contributed by atoms with Crippen LogP contribution in [-0.4, -0.2) is 30.4 Å². The van der Waals surface area contributed by atoms with Crippen molar-refractivity contribution in [3.63, 3.8) is 0 Å². The first-order valence-electron chi connectivity index (χ1n) is 6.41. The van der Waals surface area contributed by atoms with Gasteiger partial charge in [0, 0.05) is 10.2 Å². The Balaban J connectivity index is 1.82. The molecule has 1 heterocycles. The SMILES string of the molecule is CC1CCN(CC(=O)Nc2cccc(Br)c2)CC1. The maximum absolute atomic E-state index is 11.9. The van der Waals surface area contributed by atoms with Gasteiger partial charge in [-0.1, -0.05) is 28.9 Å². The Morgan fingerprint density at radius 1 is 1.44 bits per heavy atom. The first-order valence-corrected chi connectivity index (χ1v) is 7.20. The molecule has 3 nitrogen and oxygen atoms in total. The van der Waals surface area contributed by atoms with Crippen LogP contribution in [0, 0.1) is 5.92 Å². The fourth-order valence-corrected chi connectivity index (χ4v) is 2.59. The number of anilines is 1. The van der Waals surface area contributed by atoms with Crippen LogP contribution in [0.25, 0.3) is 0 Å². The molecule has 1 amide bonds. The van der Waals surface area contributed by atoms with E-state index in [9.17, 15) is 4.79 Å². The molecule has 0 unspecified atom stereocenters. The fraction of sp³-hybridized carbons (Fsp3) is 0.500. The molecule has 0 aliphatic carbocycles. The molecule has 4 heteroatoms. The lowest BCUT2D eigenvalue weighted by Crippen LogP contribution is -2.38. The van der Waals surface area contributed by atoms with Gasteiger partial charge in [-0.3, -0.25) is 9.69 Å². The largest absolute Gasteiger partial charge is 0.325 e. The van der Waals surface area contributed by atoms with E-state index in [1.54, 1.807) is 0 Å². The molecule has 1 N–H and O–H groups in total. The Hall–Kier alpha value is -0.870. The molecule has 0 saturated carbocycles. The molecule has 0 radical (unpaired) electrons. The maximum Gasteiger partial charge on any atom is 0.238 e. The number of hydrogen-bond acceptors (Lipinski definition) is 2. The molecule has 1 aliphatic rings. The number of likely N-dealkylation sites (tertiary alicyclic amines) is 1. The van der Waals surface area contributed by atoms with Gasteiger partial charge in [0.2, 0.25) is 5.91 Å². The monoisotopic (exact) mass is 310 g/mol. The van der Waals surface area contributed by atoms with Crippen LogP contribution >= 0.6 is 15.9 Å². The summed E-state index contributed by atoms with van der Waals surface area (Å²) in [6.07, 6.45) is 2.40. The quantitative estimate of drug-likeness (QED) is 0.930. The summed E-state index contributed by atoms with van der Waals surface area (Å²) >= 11 is 3.40. The number of hydrogen-bond donors (Lipinski definition) is 1. The molecule has 0 spiro atoms. The Morgan fingerprint density at radius 2 is 2.17 bits per heavy atom. The summed E-state index contributed by atoms with van der Waals surface area (Å²) in [4.78, 5) is 14.1. The Kier molecular flexibility index (Phi) is 4.78. The first kappa shape index (κ1) is 13.6. The summed E-state index contributed by atoms with van der Waals surface area (Å²) in [6.45, 7) is 4.85. The van der Waals surface area contributed by atoms with Gasteiger partial charge in [-0.15, -0.1) is 0 Å². The van der Waals surface area contributed by atoms with E-state index in [4.69, 9.17) is 0 Å². The zero-order chi connectivity index (χ0) is 13.0. The maximum atomic E-state index is 11.9. The highest BCUT2D eigenvalue weighted by molar-refractivity contribution is 9.10. The molecule has 0 aromatic heterocycles. The Labute approximate surface area is 117 Å². The number of piperidine rings is 1.